The van der Waals surface area contributed by atoms with Crippen molar-refractivity contribution >= 4 is 49.3 Å². The number of hydrogen-bond donors (Lipinski definition) is 0. The fourth-order valence-corrected chi connectivity index (χ4v) is 7.34. The number of fused-ring (bicyclic) bond motifs is 6. The molecule has 0 aliphatic rings. The molecule has 0 saturated heterocycles. The lowest BCUT2D eigenvalue weighted by Gasteiger charge is -2.16. The van der Waals surface area contributed by atoms with Crippen LogP contribution in [0.15, 0.2) is 152 Å². The Morgan fingerprint density at radius 2 is 0.960 bits per heavy atom. The highest BCUT2D eigenvalue weighted by atomic mass is 15.0. The molecule has 5 heteroatoms. The molecule has 0 aliphatic heterocycles. The Morgan fingerprint density at radius 1 is 0.460 bits per heavy atom. The van der Waals surface area contributed by atoms with Crippen LogP contribution in [-0.2, 0) is 0 Å². The minimum absolute atomic E-state index is 0.558. The minimum atomic E-state index is 0.558. The Balaban J connectivity index is 1.13. The summed E-state index contributed by atoms with van der Waals surface area (Å²) in [6, 6.07) is 55.6. The number of rotatable bonds is 4. The van der Waals surface area contributed by atoms with Gasteiger partial charge in [-0.15, -0.1) is 0 Å². The molecule has 0 fully saturated rings. The summed E-state index contributed by atoms with van der Waals surface area (Å²) in [7, 11) is 0. The van der Waals surface area contributed by atoms with Gasteiger partial charge in [-0.05, 0) is 82.9 Å². The fourth-order valence-electron chi connectivity index (χ4n) is 7.34. The Kier molecular flexibility index (Phi) is 6.56. The van der Waals surface area contributed by atoms with Crippen LogP contribution < -0.4 is 0 Å². The summed E-state index contributed by atoms with van der Waals surface area (Å²) in [5, 5.41) is 23.3. The van der Waals surface area contributed by atoms with E-state index in [0.717, 1.165) is 77.2 Å². The van der Waals surface area contributed by atoms with Gasteiger partial charge in [0.1, 0.15) is 0 Å². The van der Waals surface area contributed by atoms with E-state index in [4.69, 9.17) is 6.57 Å². The topological polar surface area (TPSA) is 61.8 Å². The quantitative estimate of drug-likeness (QED) is 0.181. The van der Waals surface area contributed by atoms with E-state index in [-0.39, 0.29) is 0 Å². The molecule has 2 heterocycles. The average molecular weight is 636 g/mol. The molecule has 0 unspecified atom stereocenters. The minimum Gasteiger partial charge on any atom is -0.318 e. The molecule has 9 aromatic rings. The lowest BCUT2D eigenvalue weighted by molar-refractivity contribution is 1.18. The molecule has 0 atom stereocenters. The molecule has 50 heavy (non-hydrogen) atoms. The van der Waals surface area contributed by atoms with Crippen molar-refractivity contribution in [3.8, 4) is 45.8 Å². The van der Waals surface area contributed by atoms with E-state index in [0.29, 0.717) is 16.8 Å². The van der Waals surface area contributed by atoms with Crippen molar-refractivity contribution in [2.45, 2.75) is 0 Å². The first-order chi connectivity index (χ1) is 24.7. The van der Waals surface area contributed by atoms with Crippen molar-refractivity contribution in [1.29, 1.82) is 10.5 Å². The normalized spacial score (nSPS) is 11.1. The molecule has 0 saturated carbocycles. The Hall–Kier alpha value is -7.39. The zero-order valence-electron chi connectivity index (χ0n) is 26.7. The number of nitriles is 2. The first kappa shape index (κ1) is 28.8. The van der Waals surface area contributed by atoms with Crippen molar-refractivity contribution in [2.75, 3.05) is 0 Å². The van der Waals surface area contributed by atoms with Crippen molar-refractivity contribution in [3.63, 3.8) is 0 Å². The number of hydrogen-bond acceptors (Lipinski definition) is 2. The molecule has 5 nitrogen and oxygen atoms in total. The van der Waals surface area contributed by atoms with Gasteiger partial charge < -0.3 is 9.13 Å². The molecule has 230 valence electrons. The molecular weight excluding hydrogens is 611 g/mol. The summed E-state index contributed by atoms with van der Waals surface area (Å²) in [5.74, 6) is 0. The smallest absolute Gasteiger partial charge is 0.211 e. The molecule has 0 spiro atoms. The van der Waals surface area contributed by atoms with Gasteiger partial charge in [-0.1, -0.05) is 91.0 Å². The van der Waals surface area contributed by atoms with Crippen LogP contribution >= 0.6 is 0 Å². The second kappa shape index (κ2) is 11.4. The number of nitrogens with zero attached hydrogens (tertiary/aromatic N) is 5. The van der Waals surface area contributed by atoms with E-state index in [1.54, 1.807) is 0 Å². The molecular formula is C45H25N5. The zero-order chi connectivity index (χ0) is 33.8. The highest BCUT2D eigenvalue weighted by Crippen LogP contribution is 2.41. The van der Waals surface area contributed by atoms with Gasteiger partial charge in [0.25, 0.3) is 0 Å². The average Bonchev–Trinajstić information content (AvgIpc) is 3.69. The van der Waals surface area contributed by atoms with Gasteiger partial charge in [-0.25, -0.2) is 4.85 Å². The van der Waals surface area contributed by atoms with Crippen molar-refractivity contribution in [2.24, 2.45) is 0 Å². The van der Waals surface area contributed by atoms with Gasteiger partial charge in [0.05, 0.1) is 57.6 Å². The molecule has 0 bridgehead atoms. The van der Waals surface area contributed by atoms with Crippen LogP contribution in [0.4, 0.5) is 5.69 Å². The van der Waals surface area contributed by atoms with Gasteiger partial charge in [0, 0.05) is 27.2 Å². The molecule has 0 N–H and O–H groups in total. The monoisotopic (exact) mass is 635 g/mol. The maximum Gasteiger partial charge on any atom is 0.211 e. The van der Waals surface area contributed by atoms with Gasteiger partial charge in [0.15, 0.2) is 0 Å². The summed E-state index contributed by atoms with van der Waals surface area (Å²) < 4.78 is 4.41. The lowest BCUT2D eigenvalue weighted by Crippen LogP contribution is -1.98. The van der Waals surface area contributed by atoms with Crippen LogP contribution in [0.5, 0.6) is 0 Å². The Morgan fingerprint density at radius 3 is 1.54 bits per heavy atom. The van der Waals surface area contributed by atoms with Crippen LogP contribution in [0.2, 0.25) is 0 Å². The highest BCUT2D eigenvalue weighted by Gasteiger charge is 2.19. The van der Waals surface area contributed by atoms with Crippen molar-refractivity contribution in [1.82, 2.24) is 9.13 Å². The van der Waals surface area contributed by atoms with Crippen LogP contribution in [0.25, 0.3) is 82.1 Å². The predicted octanol–water partition coefficient (Wildman–Crippen LogP) is 11.5. The van der Waals surface area contributed by atoms with E-state index in [1.807, 2.05) is 72.8 Å². The van der Waals surface area contributed by atoms with Crippen LogP contribution in [-0.4, -0.2) is 9.13 Å². The molecule has 2 aromatic heterocycles. The summed E-state index contributed by atoms with van der Waals surface area (Å²) in [5.41, 5.74) is 11.9. The largest absolute Gasteiger partial charge is 0.318 e. The van der Waals surface area contributed by atoms with Gasteiger partial charge >= 0.3 is 0 Å². The van der Waals surface area contributed by atoms with E-state index < -0.39 is 0 Å². The molecule has 9 rings (SSSR count). The van der Waals surface area contributed by atoms with Gasteiger partial charge in [0.2, 0.25) is 5.69 Å². The van der Waals surface area contributed by atoms with E-state index in [1.165, 1.54) is 0 Å². The third-order valence-corrected chi connectivity index (χ3v) is 9.62. The molecule has 0 aliphatic carbocycles. The summed E-state index contributed by atoms with van der Waals surface area (Å²) in [6.07, 6.45) is 0. The van der Waals surface area contributed by atoms with Crippen molar-refractivity contribution in [3.05, 3.63) is 174 Å². The van der Waals surface area contributed by atoms with E-state index >= 15 is 0 Å². The SMILES string of the molecule is [C-]#[N+]c1cccc(-c2ccc(-c3ccc(-n4c5ccccc5c5cc(C#N)ccc54)cc3)cc2)c1-n1c2ccccc2c2cc(C#N)ccc21. The summed E-state index contributed by atoms with van der Waals surface area (Å²) >= 11 is 0. The Labute approximate surface area is 288 Å². The first-order valence-electron chi connectivity index (χ1n) is 16.3. The second-order valence-corrected chi connectivity index (χ2v) is 12.3. The summed E-state index contributed by atoms with van der Waals surface area (Å²) in [6.45, 7) is 8.10. The van der Waals surface area contributed by atoms with Crippen LogP contribution in [0.1, 0.15) is 11.1 Å². The Bertz CT molecular complexity index is 2940. The first-order valence-corrected chi connectivity index (χ1v) is 16.3. The number of para-hydroxylation sites is 3. The van der Waals surface area contributed by atoms with Crippen LogP contribution in [0.3, 0.4) is 0 Å². The van der Waals surface area contributed by atoms with Gasteiger partial charge in [-0.3, -0.25) is 0 Å². The standard InChI is InChI=1S/C45H25N5/c1-48-40-10-6-9-35(45(40)50-42-12-5-3-8-37(42)39-26-30(28-47)14-24-44(39)50)33-17-15-31(16-18-33)32-19-21-34(22-20-32)49-41-11-4-2-7-36(41)38-25-29(27-46)13-23-43(38)49/h2-26H. The molecule has 7 aromatic carbocycles. The lowest BCUT2D eigenvalue weighted by atomic mass is 9.98. The van der Waals surface area contributed by atoms with Crippen molar-refractivity contribution < 1.29 is 0 Å². The van der Waals surface area contributed by atoms with Gasteiger partial charge in [-0.2, -0.15) is 10.5 Å². The second-order valence-electron chi connectivity index (χ2n) is 12.3. The summed E-state index contributed by atoms with van der Waals surface area (Å²) in [4.78, 5) is 3.96. The predicted molar refractivity (Wildman–Crippen MR) is 202 cm³/mol. The molecule has 0 amide bonds. The van der Waals surface area contributed by atoms with Crippen LogP contribution in [0, 0.1) is 29.2 Å². The van der Waals surface area contributed by atoms with E-state index in [9.17, 15) is 10.5 Å². The number of aromatic nitrogens is 2. The highest BCUT2D eigenvalue weighted by molar-refractivity contribution is 6.11. The third-order valence-electron chi connectivity index (χ3n) is 9.62. The maximum atomic E-state index is 9.62. The third kappa shape index (κ3) is 4.38. The zero-order valence-corrected chi connectivity index (χ0v) is 26.7. The van der Waals surface area contributed by atoms with E-state index in [2.05, 4.69) is 105 Å². The maximum absolute atomic E-state index is 9.62. The fraction of sp³-hybridized carbons (Fsp3) is 0. The molecule has 0 radical (unpaired) electrons. The number of benzene rings is 7.